The molecule has 11 heteroatoms. The third-order valence-corrected chi connectivity index (χ3v) is 9.14. The zero-order valence-corrected chi connectivity index (χ0v) is 24.4. The first kappa shape index (κ1) is 26.4. The van der Waals surface area contributed by atoms with E-state index in [9.17, 15) is 13.2 Å². The fraction of sp³-hybridized carbons (Fsp3) is 0.290. The first-order chi connectivity index (χ1) is 20.2. The van der Waals surface area contributed by atoms with Gasteiger partial charge in [0.05, 0.1) is 28.3 Å². The molecule has 7 rings (SSSR count). The van der Waals surface area contributed by atoms with Crippen molar-refractivity contribution in [2.24, 2.45) is 0 Å². The summed E-state index contributed by atoms with van der Waals surface area (Å²) in [6, 6.07) is 15.7. The van der Waals surface area contributed by atoms with Gasteiger partial charge in [0, 0.05) is 41.5 Å². The molecular weight excluding hydrogens is 552 g/mol. The molecule has 0 radical (unpaired) electrons. The first-order valence-corrected chi connectivity index (χ1v) is 15.9. The van der Waals surface area contributed by atoms with E-state index in [0.29, 0.717) is 34.8 Å². The van der Waals surface area contributed by atoms with Crippen LogP contribution in [0.15, 0.2) is 66.0 Å². The molecule has 1 aliphatic heterocycles. The SMILES string of the molecule is CC(C)OC(=O)N1CCC(Nc2ncnc3c2cnn3-c2ccc3c(S(C)(=O)=O)cc4cccc5ccc2c3c54)CC1. The number of carbonyl (C=O) groups is 1. The normalized spacial score (nSPS) is 15.0. The van der Waals surface area contributed by atoms with Crippen LogP contribution in [0.1, 0.15) is 26.7 Å². The number of likely N-dealkylation sites (tertiary alicyclic amines) is 1. The molecule has 1 fully saturated rings. The molecule has 4 aromatic carbocycles. The fourth-order valence-corrected chi connectivity index (χ4v) is 6.99. The number of sulfone groups is 1. The summed E-state index contributed by atoms with van der Waals surface area (Å²) < 4.78 is 32.7. The van der Waals surface area contributed by atoms with Crippen molar-refractivity contribution in [1.29, 1.82) is 0 Å². The molecule has 6 aromatic rings. The molecule has 1 N–H and O–H groups in total. The second kappa shape index (κ2) is 9.80. The van der Waals surface area contributed by atoms with Crippen molar-refractivity contribution in [2.45, 2.75) is 43.7 Å². The van der Waals surface area contributed by atoms with Crippen LogP contribution >= 0.6 is 0 Å². The largest absolute Gasteiger partial charge is 0.447 e. The summed E-state index contributed by atoms with van der Waals surface area (Å²) in [6.45, 7) is 4.91. The molecule has 0 aliphatic carbocycles. The van der Waals surface area contributed by atoms with E-state index in [-0.39, 0.29) is 18.2 Å². The van der Waals surface area contributed by atoms with Gasteiger partial charge >= 0.3 is 6.09 Å². The van der Waals surface area contributed by atoms with Gasteiger partial charge in [-0.15, -0.1) is 0 Å². The Morgan fingerprint density at radius 1 is 0.976 bits per heavy atom. The minimum absolute atomic E-state index is 0.138. The van der Waals surface area contributed by atoms with Crippen LogP contribution in [-0.4, -0.2) is 70.7 Å². The quantitative estimate of drug-likeness (QED) is 0.263. The van der Waals surface area contributed by atoms with E-state index in [1.54, 1.807) is 21.8 Å². The second-order valence-electron chi connectivity index (χ2n) is 11.2. The van der Waals surface area contributed by atoms with Gasteiger partial charge in [-0.05, 0) is 55.0 Å². The van der Waals surface area contributed by atoms with E-state index in [1.165, 1.54) is 12.6 Å². The Bertz CT molecular complexity index is 2100. The molecule has 2 aromatic heterocycles. The Morgan fingerprint density at radius 3 is 2.50 bits per heavy atom. The number of ether oxygens (including phenoxy) is 1. The van der Waals surface area contributed by atoms with Gasteiger partial charge in [-0.2, -0.15) is 5.10 Å². The van der Waals surface area contributed by atoms with Gasteiger partial charge in [0.1, 0.15) is 12.1 Å². The Labute approximate surface area is 242 Å². The highest BCUT2D eigenvalue weighted by Crippen LogP contribution is 2.40. The number of fused-ring (bicyclic) bond motifs is 1. The van der Waals surface area contributed by atoms with E-state index in [1.807, 2.05) is 50.2 Å². The lowest BCUT2D eigenvalue weighted by molar-refractivity contribution is 0.0701. The summed E-state index contributed by atoms with van der Waals surface area (Å²) in [7, 11) is -3.47. The topological polar surface area (TPSA) is 119 Å². The molecule has 1 saturated heterocycles. The average molecular weight is 583 g/mol. The van der Waals surface area contributed by atoms with E-state index < -0.39 is 9.84 Å². The van der Waals surface area contributed by atoms with E-state index >= 15 is 0 Å². The zero-order valence-electron chi connectivity index (χ0n) is 23.5. The summed E-state index contributed by atoms with van der Waals surface area (Å²) in [4.78, 5) is 23.4. The van der Waals surface area contributed by atoms with Crippen LogP contribution in [0.25, 0.3) is 49.0 Å². The van der Waals surface area contributed by atoms with Crippen molar-refractivity contribution in [1.82, 2.24) is 24.6 Å². The lowest BCUT2D eigenvalue weighted by Gasteiger charge is -2.32. The number of amides is 1. The van der Waals surface area contributed by atoms with Crippen molar-refractivity contribution in [3.05, 3.63) is 61.1 Å². The van der Waals surface area contributed by atoms with Gasteiger partial charge in [-0.25, -0.2) is 27.9 Å². The summed E-state index contributed by atoms with van der Waals surface area (Å²) in [6.07, 6.45) is 5.65. The zero-order chi connectivity index (χ0) is 29.2. The number of piperidine rings is 1. The number of anilines is 1. The Morgan fingerprint density at radius 2 is 1.74 bits per heavy atom. The monoisotopic (exact) mass is 582 g/mol. The molecule has 0 spiro atoms. The standard InChI is InChI=1S/C31H30N6O4S/c1-18(2)41-31(38)36-13-11-21(12-14-36)35-29-24-16-34-37(30(24)33-17-32-29)25-10-9-23-26(42(3,39)40)15-20-6-4-5-19-7-8-22(25)28(23)27(19)20/h4-10,15-18,21H,11-14H2,1-3H3,(H,32,33,35). The van der Waals surface area contributed by atoms with Crippen LogP contribution in [0.2, 0.25) is 0 Å². The van der Waals surface area contributed by atoms with E-state index in [2.05, 4.69) is 21.4 Å². The number of hydrogen-bond acceptors (Lipinski definition) is 8. The second-order valence-corrected chi connectivity index (χ2v) is 13.2. The predicted molar refractivity (Wildman–Crippen MR) is 163 cm³/mol. The Hall–Kier alpha value is -4.51. The van der Waals surface area contributed by atoms with Crippen LogP contribution in [-0.2, 0) is 14.6 Å². The number of nitrogens with zero attached hydrogens (tertiary/aromatic N) is 5. The average Bonchev–Trinajstić information content (AvgIpc) is 3.40. The lowest BCUT2D eigenvalue weighted by atomic mass is 9.93. The highest BCUT2D eigenvalue weighted by atomic mass is 32.2. The maximum atomic E-state index is 12.8. The Kier molecular flexibility index (Phi) is 6.16. The number of aromatic nitrogens is 4. The van der Waals surface area contributed by atoms with Gasteiger partial charge in [-0.3, -0.25) is 0 Å². The molecule has 10 nitrogen and oxygen atoms in total. The van der Waals surface area contributed by atoms with Gasteiger partial charge < -0.3 is 15.0 Å². The number of nitrogens with one attached hydrogen (secondary N) is 1. The highest BCUT2D eigenvalue weighted by Gasteiger charge is 2.26. The fourth-order valence-electron chi connectivity index (χ4n) is 6.08. The van der Waals surface area contributed by atoms with Crippen molar-refractivity contribution >= 4 is 65.1 Å². The van der Waals surface area contributed by atoms with E-state index in [0.717, 1.165) is 50.8 Å². The lowest BCUT2D eigenvalue weighted by Crippen LogP contribution is -2.43. The third kappa shape index (κ3) is 4.35. The Balaban J connectivity index is 1.27. The summed E-state index contributed by atoms with van der Waals surface area (Å²) in [5.41, 5.74) is 1.45. The van der Waals surface area contributed by atoms with Crippen LogP contribution in [0.3, 0.4) is 0 Å². The van der Waals surface area contributed by atoms with Gasteiger partial charge in [0.2, 0.25) is 0 Å². The molecule has 42 heavy (non-hydrogen) atoms. The van der Waals surface area contributed by atoms with Gasteiger partial charge in [0.15, 0.2) is 15.5 Å². The maximum Gasteiger partial charge on any atom is 0.410 e. The number of hydrogen-bond donors (Lipinski definition) is 1. The summed E-state index contributed by atoms with van der Waals surface area (Å²) in [5.74, 6) is 0.687. The van der Waals surface area contributed by atoms with Crippen molar-refractivity contribution < 1.29 is 17.9 Å². The number of benzene rings is 4. The van der Waals surface area contributed by atoms with Gasteiger partial charge in [-0.1, -0.05) is 36.4 Å². The molecule has 0 atom stereocenters. The number of rotatable bonds is 5. The number of carbonyl (C=O) groups excluding carboxylic acids is 1. The minimum atomic E-state index is -3.47. The van der Waals surface area contributed by atoms with Crippen molar-refractivity contribution in [3.63, 3.8) is 0 Å². The van der Waals surface area contributed by atoms with E-state index in [4.69, 9.17) is 9.84 Å². The first-order valence-electron chi connectivity index (χ1n) is 14.0. The van der Waals surface area contributed by atoms with Crippen LogP contribution < -0.4 is 5.32 Å². The maximum absolute atomic E-state index is 12.8. The highest BCUT2D eigenvalue weighted by molar-refractivity contribution is 7.91. The molecule has 0 bridgehead atoms. The van der Waals surface area contributed by atoms with Crippen LogP contribution in [0.5, 0.6) is 0 Å². The van der Waals surface area contributed by atoms with Crippen LogP contribution in [0.4, 0.5) is 10.6 Å². The van der Waals surface area contributed by atoms with Gasteiger partial charge in [0.25, 0.3) is 0 Å². The molecule has 0 saturated carbocycles. The third-order valence-electron chi connectivity index (χ3n) is 8.01. The molecule has 3 heterocycles. The molecule has 0 unspecified atom stereocenters. The van der Waals surface area contributed by atoms with Crippen LogP contribution in [0, 0.1) is 0 Å². The molecule has 214 valence electrons. The smallest absolute Gasteiger partial charge is 0.410 e. The summed E-state index contributed by atoms with van der Waals surface area (Å²) in [5, 5.41) is 14.5. The summed E-state index contributed by atoms with van der Waals surface area (Å²) >= 11 is 0. The molecular formula is C31H30N6O4S. The molecule has 1 amide bonds. The predicted octanol–water partition coefficient (Wildman–Crippen LogP) is 5.54. The van der Waals surface area contributed by atoms with Crippen molar-refractivity contribution in [3.8, 4) is 5.69 Å². The van der Waals surface area contributed by atoms with Crippen molar-refractivity contribution in [2.75, 3.05) is 24.7 Å². The molecule has 1 aliphatic rings. The minimum Gasteiger partial charge on any atom is -0.447 e.